The van der Waals surface area contributed by atoms with Crippen LogP contribution in [0, 0.1) is 0 Å². The second-order valence-electron chi connectivity index (χ2n) is 6.14. The molecule has 0 saturated carbocycles. The van der Waals surface area contributed by atoms with E-state index in [4.69, 9.17) is 4.98 Å². The van der Waals surface area contributed by atoms with Crippen LogP contribution in [-0.2, 0) is 11.2 Å². The fourth-order valence-electron chi connectivity index (χ4n) is 2.07. The SMILES string of the molecule is CN(C)c1ccc(-c2nc(C(C)(C)C)c(CS)s2)cc1. The first kappa shape index (κ1) is 15.4. The zero-order valence-corrected chi connectivity index (χ0v) is 14.5. The van der Waals surface area contributed by atoms with E-state index in [9.17, 15) is 0 Å². The van der Waals surface area contributed by atoms with Crippen molar-refractivity contribution in [1.29, 1.82) is 0 Å². The molecular formula is C16H22N2S2. The highest BCUT2D eigenvalue weighted by Crippen LogP contribution is 2.35. The van der Waals surface area contributed by atoms with Gasteiger partial charge in [0, 0.05) is 41.4 Å². The van der Waals surface area contributed by atoms with E-state index in [1.54, 1.807) is 11.3 Å². The number of benzene rings is 1. The van der Waals surface area contributed by atoms with Gasteiger partial charge in [-0.2, -0.15) is 12.6 Å². The average Bonchev–Trinajstić information content (AvgIpc) is 2.83. The molecule has 0 bridgehead atoms. The summed E-state index contributed by atoms with van der Waals surface area (Å²) in [6.07, 6.45) is 0. The summed E-state index contributed by atoms with van der Waals surface area (Å²) in [7, 11) is 4.10. The minimum atomic E-state index is 0.0659. The van der Waals surface area contributed by atoms with Gasteiger partial charge in [-0.3, -0.25) is 0 Å². The first-order valence-corrected chi connectivity index (χ1v) is 8.16. The molecule has 2 nitrogen and oxygen atoms in total. The number of nitrogens with zero attached hydrogens (tertiary/aromatic N) is 2. The Hall–Kier alpha value is -1.00. The Kier molecular flexibility index (Phi) is 4.45. The quantitative estimate of drug-likeness (QED) is 0.834. The lowest BCUT2D eigenvalue weighted by Gasteiger charge is -2.16. The van der Waals surface area contributed by atoms with Crippen molar-refractivity contribution in [2.24, 2.45) is 0 Å². The van der Waals surface area contributed by atoms with E-state index in [-0.39, 0.29) is 5.41 Å². The highest BCUT2D eigenvalue weighted by atomic mass is 32.1. The van der Waals surface area contributed by atoms with Gasteiger partial charge in [0.1, 0.15) is 5.01 Å². The second kappa shape index (κ2) is 5.78. The zero-order chi connectivity index (χ0) is 14.9. The van der Waals surface area contributed by atoms with E-state index in [1.165, 1.54) is 21.8 Å². The van der Waals surface area contributed by atoms with Crippen LogP contribution >= 0.6 is 24.0 Å². The number of hydrogen-bond donors (Lipinski definition) is 1. The summed E-state index contributed by atoms with van der Waals surface area (Å²) >= 11 is 6.20. The summed E-state index contributed by atoms with van der Waals surface area (Å²) in [5, 5.41) is 1.09. The fourth-order valence-corrected chi connectivity index (χ4v) is 3.55. The molecule has 0 aliphatic heterocycles. The molecule has 108 valence electrons. The van der Waals surface area contributed by atoms with Gasteiger partial charge in [0.25, 0.3) is 0 Å². The Morgan fingerprint density at radius 3 is 2.15 bits per heavy atom. The van der Waals surface area contributed by atoms with Crippen molar-refractivity contribution in [1.82, 2.24) is 4.98 Å². The smallest absolute Gasteiger partial charge is 0.123 e. The molecule has 0 radical (unpaired) electrons. The molecule has 1 aromatic heterocycles. The van der Waals surface area contributed by atoms with Crippen LogP contribution in [0.15, 0.2) is 24.3 Å². The Labute approximate surface area is 131 Å². The van der Waals surface area contributed by atoms with Crippen LogP contribution in [0.1, 0.15) is 31.3 Å². The van der Waals surface area contributed by atoms with Crippen LogP contribution in [0.3, 0.4) is 0 Å². The average molecular weight is 306 g/mol. The van der Waals surface area contributed by atoms with Gasteiger partial charge in [0.15, 0.2) is 0 Å². The van der Waals surface area contributed by atoms with Crippen molar-refractivity contribution in [2.75, 3.05) is 19.0 Å². The molecule has 0 atom stereocenters. The van der Waals surface area contributed by atoms with E-state index in [0.717, 1.165) is 10.8 Å². The van der Waals surface area contributed by atoms with Crippen LogP contribution in [-0.4, -0.2) is 19.1 Å². The van der Waals surface area contributed by atoms with Crippen LogP contribution in [0.5, 0.6) is 0 Å². The van der Waals surface area contributed by atoms with Crippen LogP contribution < -0.4 is 4.90 Å². The summed E-state index contributed by atoms with van der Waals surface area (Å²) in [5.74, 6) is 0.750. The normalized spacial score (nSPS) is 11.7. The monoisotopic (exact) mass is 306 g/mol. The van der Waals surface area contributed by atoms with Gasteiger partial charge in [-0.05, 0) is 24.3 Å². The minimum Gasteiger partial charge on any atom is -0.378 e. The molecule has 0 spiro atoms. The highest BCUT2D eigenvalue weighted by Gasteiger charge is 2.22. The van der Waals surface area contributed by atoms with E-state index >= 15 is 0 Å². The number of thiazole rings is 1. The first-order chi connectivity index (χ1) is 9.32. The van der Waals surface area contributed by atoms with Crippen molar-refractivity contribution in [2.45, 2.75) is 31.9 Å². The summed E-state index contributed by atoms with van der Waals surface area (Å²) in [4.78, 5) is 8.23. The number of anilines is 1. The highest BCUT2D eigenvalue weighted by molar-refractivity contribution is 7.79. The van der Waals surface area contributed by atoms with E-state index in [2.05, 4.69) is 76.7 Å². The van der Waals surface area contributed by atoms with Crippen LogP contribution in [0.4, 0.5) is 5.69 Å². The molecule has 1 heterocycles. The van der Waals surface area contributed by atoms with Gasteiger partial charge in [-0.15, -0.1) is 11.3 Å². The third-order valence-corrected chi connectivity index (χ3v) is 4.82. The molecule has 0 unspecified atom stereocenters. The maximum Gasteiger partial charge on any atom is 0.123 e. The Morgan fingerprint density at radius 2 is 1.75 bits per heavy atom. The maximum atomic E-state index is 4.85. The second-order valence-corrected chi connectivity index (χ2v) is 7.54. The molecule has 1 aromatic carbocycles. The predicted octanol–water partition coefficient (Wildman–Crippen LogP) is 4.60. The Morgan fingerprint density at radius 1 is 1.15 bits per heavy atom. The molecule has 2 rings (SSSR count). The molecule has 0 saturated heterocycles. The number of thiol groups is 1. The number of rotatable bonds is 3. The van der Waals surface area contributed by atoms with Gasteiger partial charge < -0.3 is 4.90 Å². The summed E-state index contributed by atoms with van der Waals surface area (Å²) in [6.45, 7) is 6.61. The third kappa shape index (κ3) is 3.18. The molecule has 0 aliphatic rings. The lowest BCUT2D eigenvalue weighted by molar-refractivity contribution is 0.569. The van der Waals surface area contributed by atoms with Gasteiger partial charge in [-0.25, -0.2) is 4.98 Å². The lowest BCUT2D eigenvalue weighted by Crippen LogP contribution is -2.13. The Balaban J connectivity index is 2.40. The largest absolute Gasteiger partial charge is 0.378 e. The van der Waals surface area contributed by atoms with Crippen molar-refractivity contribution in [3.63, 3.8) is 0 Å². The van der Waals surface area contributed by atoms with Crippen molar-refractivity contribution >= 4 is 29.7 Å². The third-order valence-electron chi connectivity index (χ3n) is 3.18. The maximum absolute atomic E-state index is 4.85. The summed E-state index contributed by atoms with van der Waals surface area (Å²) < 4.78 is 0. The molecule has 0 aliphatic carbocycles. The molecule has 4 heteroatoms. The van der Waals surface area contributed by atoms with Gasteiger partial charge >= 0.3 is 0 Å². The van der Waals surface area contributed by atoms with E-state index in [1.807, 2.05) is 0 Å². The van der Waals surface area contributed by atoms with Gasteiger partial charge in [0.05, 0.1) is 5.69 Å². The minimum absolute atomic E-state index is 0.0659. The van der Waals surface area contributed by atoms with E-state index in [0.29, 0.717) is 0 Å². The number of aromatic nitrogens is 1. The first-order valence-electron chi connectivity index (χ1n) is 6.71. The summed E-state index contributed by atoms with van der Waals surface area (Å²) in [5.41, 5.74) is 3.62. The number of hydrogen-bond acceptors (Lipinski definition) is 4. The van der Waals surface area contributed by atoms with Gasteiger partial charge in [-0.1, -0.05) is 20.8 Å². The topological polar surface area (TPSA) is 16.1 Å². The standard InChI is InChI=1S/C16H22N2S2/c1-16(2,3)14-13(10-19)20-15(17-14)11-6-8-12(9-7-11)18(4)5/h6-9,19H,10H2,1-5H3. The summed E-state index contributed by atoms with van der Waals surface area (Å²) in [6, 6.07) is 8.55. The predicted molar refractivity (Wildman–Crippen MR) is 93.3 cm³/mol. The van der Waals surface area contributed by atoms with Crippen LogP contribution in [0.25, 0.3) is 10.6 Å². The lowest BCUT2D eigenvalue weighted by atomic mass is 9.91. The van der Waals surface area contributed by atoms with Gasteiger partial charge in [0.2, 0.25) is 0 Å². The van der Waals surface area contributed by atoms with Crippen molar-refractivity contribution in [3.8, 4) is 10.6 Å². The Bertz CT molecular complexity index is 578. The molecule has 0 fully saturated rings. The fraction of sp³-hybridized carbons (Fsp3) is 0.438. The zero-order valence-electron chi connectivity index (χ0n) is 12.8. The molecule has 0 N–H and O–H groups in total. The van der Waals surface area contributed by atoms with Crippen LogP contribution in [0.2, 0.25) is 0 Å². The molecule has 2 aromatic rings. The molecule has 20 heavy (non-hydrogen) atoms. The van der Waals surface area contributed by atoms with E-state index < -0.39 is 0 Å². The van der Waals surface area contributed by atoms with Crippen molar-refractivity contribution in [3.05, 3.63) is 34.8 Å². The molecular weight excluding hydrogens is 284 g/mol. The van der Waals surface area contributed by atoms with Crippen molar-refractivity contribution < 1.29 is 0 Å². The molecule has 0 amide bonds.